The Kier molecular flexibility index (Phi) is 6.60. The maximum atomic E-state index is 14.0. The van der Waals surface area contributed by atoms with Gasteiger partial charge >= 0.3 is 12.1 Å². The van der Waals surface area contributed by atoms with E-state index in [1.807, 2.05) is 12.1 Å². The molecule has 1 aromatic carbocycles. The van der Waals surface area contributed by atoms with Crippen molar-refractivity contribution < 1.29 is 23.1 Å². The Morgan fingerprint density at radius 3 is 2.62 bits per heavy atom. The highest BCUT2D eigenvalue weighted by Gasteiger charge is 2.36. The van der Waals surface area contributed by atoms with Crippen molar-refractivity contribution in [1.29, 1.82) is 0 Å². The van der Waals surface area contributed by atoms with Crippen molar-refractivity contribution in [1.82, 2.24) is 9.55 Å². The molecule has 1 aliphatic carbocycles. The van der Waals surface area contributed by atoms with E-state index in [4.69, 9.17) is 5.11 Å². The molecule has 10 heteroatoms. The molecule has 6 nitrogen and oxygen atoms in total. The van der Waals surface area contributed by atoms with Crippen molar-refractivity contribution in [3.63, 3.8) is 0 Å². The maximum Gasteiger partial charge on any atom is 0.417 e. The highest BCUT2D eigenvalue weighted by atomic mass is 32.2. The number of halogens is 3. The van der Waals surface area contributed by atoms with Crippen molar-refractivity contribution in [2.45, 2.75) is 17.6 Å². The van der Waals surface area contributed by atoms with Crippen LogP contribution in [-0.4, -0.2) is 26.4 Å². The number of allylic oxidation sites excluding steroid dienone is 6. The number of carboxylic acid groups (broad SMARTS) is 1. The van der Waals surface area contributed by atoms with Gasteiger partial charge in [-0.3, -0.25) is 14.2 Å². The average Bonchev–Trinajstić information content (AvgIpc) is 3.06. The molecule has 0 bridgehead atoms. The number of benzene rings is 1. The molecule has 0 atom stereocenters. The monoisotopic (exact) mass is 485 g/mol. The number of alkyl halides is 3. The number of aliphatic carboxylic acids is 1. The van der Waals surface area contributed by atoms with Gasteiger partial charge in [0.15, 0.2) is 11.1 Å². The van der Waals surface area contributed by atoms with Crippen LogP contribution in [0.3, 0.4) is 0 Å². The molecule has 2 N–H and O–H groups in total. The lowest BCUT2D eigenvalue weighted by Gasteiger charge is -2.21. The minimum atomic E-state index is -4.84. The third-order valence-corrected chi connectivity index (χ3v) is 5.80. The molecule has 0 radical (unpaired) electrons. The topological polar surface area (TPSA) is 84.2 Å². The van der Waals surface area contributed by atoms with E-state index in [1.54, 1.807) is 48.6 Å². The Labute approximate surface area is 196 Å². The molecule has 0 spiro atoms. The van der Waals surface area contributed by atoms with E-state index in [1.165, 1.54) is 4.57 Å². The fourth-order valence-electron chi connectivity index (χ4n) is 3.51. The second kappa shape index (κ2) is 9.60. The summed E-state index contributed by atoms with van der Waals surface area (Å²) >= 11 is 0.655. The fourth-order valence-corrected chi connectivity index (χ4v) is 4.13. The van der Waals surface area contributed by atoms with E-state index in [2.05, 4.69) is 10.3 Å². The summed E-state index contributed by atoms with van der Waals surface area (Å²) in [5.74, 6) is -1.44. The zero-order valence-corrected chi connectivity index (χ0v) is 18.4. The summed E-state index contributed by atoms with van der Waals surface area (Å²) in [7, 11) is 0. The first-order valence-corrected chi connectivity index (χ1v) is 11.1. The van der Waals surface area contributed by atoms with Gasteiger partial charge < -0.3 is 10.4 Å². The molecule has 2 heterocycles. The van der Waals surface area contributed by atoms with Gasteiger partial charge in [0.25, 0.3) is 0 Å². The summed E-state index contributed by atoms with van der Waals surface area (Å²) in [5, 5.41) is 11.4. The number of carbonyl (C=O) groups is 1. The Morgan fingerprint density at radius 1 is 1.15 bits per heavy atom. The lowest BCUT2D eigenvalue weighted by Crippen LogP contribution is -2.19. The number of nitrogens with one attached hydrogen (secondary N) is 1. The van der Waals surface area contributed by atoms with Crippen molar-refractivity contribution in [2.24, 2.45) is 0 Å². The summed E-state index contributed by atoms with van der Waals surface area (Å²) in [6.07, 6.45) is 4.41. The number of hydrogen-bond donors (Lipinski definition) is 2. The van der Waals surface area contributed by atoms with Gasteiger partial charge in [-0.05, 0) is 24.3 Å². The predicted molar refractivity (Wildman–Crippen MR) is 126 cm³/mol. The van der Waals surface area contributed by atoms with E-state index >= 15 is 0 Å². The molecule has 0 unspecified atom stereocenters. The average molecular weight is 485 g/mol. The summed E-state index contributed by atoms with van der Waals surface area (Å²) in [5.41, 5.74) is -1.00. The van der Waals surface area contributed by atoms with E-state index < -0.39 is 34.3 Å². The van der Waals surface area contributed by atoms with Gasteiger partial charge in [-0.2, -0.15) is 13.2 Å². The van der Waals surface area contributed by atoms with Crippen LogP contribution in [0.2, 0.25) is 0 Å². The molecule has 2 aromatic heterocycles. The number of hydrogen-bond acceptors (Lipinski definition) is 5. The molecular weight excluding hydrogens is 467 g/mol. The highest BCUT2D eigenvalue weighted by Crippen LogP contribution is 2.37. The standard InChI is InChI=1S/C24H18F3N3O3S/c25-24(26,27)17-12-20(34-14-21(32)33)29-23-22(17)18(31)13-19(28-15-8-4-3-5-9-15)30(23)16-10-6-1-2-7-11-16/h1-10,12-13,28H,11,14H2,(H,32,33). The van der Waals surface area contributed by atoms with Crippen LogP contribution in [0, 0.1) is 0 Å². The van der Waals surface area contributed by atoms with Crippen molar-refractivity contribution >= 4 is 46.0 Å². The Morgan fingerprint density at radius 2 is 1.91 bits per heavy atom. The van der Waals surface area contributed by atoms with Gasteiger partial charge in [0.1, 0.15) is 5.82 Å². The van der Waals surface area contributed by atoms with Crippen molar-refractivity contribution in [3.05, 3.63) is 88.6 Å². The first kappa shape index (κ1) is 23.4. The Hall–Kier alpha value is -3.79. The number of carboxylic acids is 1. The van der Waals surface area contributed by atoms with Crippen LogP contribution in [0.25, 0.3) is 16.7 Å². The summed E-state index contributed by atoms with van der Waals surface area (Å²) in [4.78, 5) is 28.3. The van der Waals surface area contributed by atoms with Crippen LogP contribution in [-0.2, 0) is 11.0 Å². The zero-order valence-electron chi connectivity index (χ0n) is 17.5. The van der Waals surface area contributed by atoms with Crippen LogP contribution in [0.15, 0.2) is 82.7 Å². The van der Waals surface area contributed by atoms with Gasteiger partial charge in [0, 0.05) is 23.9 Å². The lowest BCUT2D eigenvalue weighted by atomic mass is 10.1. The minimum Gasteiger partial charge on any atom is -0.481 e. The summed E-state index contributed by atoms with van der Waals surface area (Å²) in [6, 6.07) is 10.7. The van der Waals surface area contributed by atoms with Crippen LogP contribution in [0.1, 0.15) is 12.0 Å². The normalized spacial score (nSPS) is 13.6. The molecule has 0 amide bonds. The van der Waals surface area contributed by atoms with Crippen LogP contribution in [0.5, 0.6) is 0 Å². The summed E-state index contributed by atoms with van der Waals surface area (Å²) in [6.45, 7) is 0. The number of pyridine rings is 2. The smallest absolute Gasteiger partial charge is 0.417 e. The van der Waals surface area contributed by atoms with Crippen molar-refractivity contribution in [2.75, 3.05) is 11.1 Å². The first-order valence-electron chi connectivity index (χ1n) is 10.1. The second-order valence-corrected chi connectivity index (χ2v) is 8.28. The van der Waals surface area contributed by atoms with Crippen LogP contribution in [0.4, 0.5) is 24.7 Å². The number of rotatable bonds is 6. The lowest BCUT2D eigenvalue weighted by molar-refractivity contribution is -0.136. The number of thioether (sulfide) groups is 1. The molecule has 174 valence electrons. The van der Waals surface area contributed by atoms with Gasteiger partial charge in [-0.15, -0.1) is 0 Å². The van der Waals surface area contributed by atoms with Crippen molar-refractivity contribution in [3.8, 4) is 0 Å². The summed E-state index contributed by atoms with van der Waals surface area (Å²) < 4.78 is 43.5. The quantitative estimate of drug-likeness (QED) is 0.436. The number of fused-ring (bicyclic) bond motifs is 1. The van der Waals surface area contributed by atoms with Gasteiger partial charge in [0.05, 0.1) is 21.7 Å². The zero-order chi connectivity index (χ0) is 24.3. The molecule has 0 saturated carbocycles. The van der Waals surface area contributed by atoms with Gasteiger partial charge in [0.2, 0.25) is 0 Å². The molecule has 4 rings (SSSR count). The third-order valence-electron chi connectivity index (χ3n) is 4.90. The Bertz CT molecular complexity index is 1390. The molecule has 0 aliphatic heterocycles. The number of aromatic nitrogens is 2. The molecule has 1 aliphatic rings. The molecule has 0 fully saturated rings. The first-order chi connectivity index (χ1) is 16.2. The molecule has 34 heavy (non-hydrogen) atoms. The largest absolute Gasteiger partial charge is 0.481 e. The van der Waals surface area contributed by atoms with E-state index in [0.717, 1.165) is 12.1 Å². The third kappa shape index (κ3) is 5.07. The van der Waals surface area contributed by atoms with Crippen LogP contribution >= 0.6 is 11.8 Å². The predicted octanol–water partition coefficient (Wildman–Crippen LogP) is 5.69. The number of anilines is 2. The SMILES string of the molecule is O=C(O)CSc1cc(C(F)(F)F)c2c(=O)cc(Nc3ccccc3)n(C3=CC=CC=CC3)c2n1. The maximum absolute atomic E-state index is 14.0. The van der Waals surface area contributed by atoms with E-state index in [9.17, 15) is 22.8 Å². The van der Waals surface area contributed by atoms with E-state index in [0.29, 0.717) is 29.6 Å². The second-order valence-electron chi connectivity index (χ2n) is 7.28. The number of nitrogens with zero attached hydrogens (tertiary/aromatic N) is 2. The van der Waals surface area contributed by atoms with Crippen LogP contribution < -0.4 is 10.7 Å². The Balaban J connectivity index is 2.05. The fraction of sp³-hybridized carbons (Fsp3) is 0.125. The number of para-hydroxylation sites is 1. The highest BCUT2D eigenvalue weighted by molar-refractivity contribution is 7.99. The molecule has 0 saturated heterocycles. The van der Waals surface area contributed by atoms with Gasteiger partial charge in [-0.25, -0.2) is 4.98 Å². The van der Waals surface area contributed by atoms with E-state index in [-0.39, 0.29) is 16.5 Å². The molecule has 3 aromatic rings. The minimum absolute atomic E-state index is 0.146. The van der Waals surface area contributed by atoms with Gasteiger partial charge in [-0.1, -0.05) is 54.3 Å². The molecular formula is C24H18F3N3O3S.